The maximum Gasteiger partial charge on any atom is -0.00518 e. The maximum absolute atomic E-state index is 3.20. The van der Waals surface area contributed by atoms with E-state index in [0.717, 1.165) is 5.92 Å². The number of nitrogens with one attached hydrogen (secondary N) is 1. The molecule has 0 aromatic rings. The Kier molecular flexibility index (Phi) is 9.02. The first-order valence-corrected chi connectivity index (χ1v) is 5.49. The Balaban J connectivity index is 3.26. The first-order valence-electron chi connectivity index (χ1n) is 5.49. The van der Waals surface area contributed by atoms with E-state index < -0.39 is 0 Å². The quantitative estimate of drug-likeness (QED) is 0.553. The van der Waals surface area contributed by atoms with Gasteiger partial charge in [0, 0.05) is 0 Å². The molecule has 0 aromatic heterocycles. The first-order chi connectivity index (χ1) is 5.85. The third kappa shape index (κ3) is 6.66. The predicted molar refractivity (Wildman–Crippen MR) is 56.5 cm³/mol. The molecule has 0 bridgehead atoms. The zero-order valence-corrected chi connectivity index (χ0v) is 9.03. The van der Waals surface area contributed by atoms with Gasteiger partial charge in [0.2, 0.25) is 0 Å². The van der Waals surface area contributed by atoms with Crippen molar-refractivity contribution in [1.29, 1.82) is 0 Å². The third-order valence-electron chi connectivity index (χ3n) is 2.58. The lowest BCUT2D eigenvalue weighted by Gasteiger charge is -2.13. The molecule has 0 aliphatic carbocycles. The van der Waals surface area contributed by atoms with Gasteiger partial charge in [0.25, 0.3) is 0 Å². The molecule has 12 heavy (non-hydrogen) atoms. The maximum atomic E-state index is 3.20. The monoisotopic (exact) mass is 171 g/mol. The lowest BCUT2D eigenvalue weighted by molar-refractivity contribution is 0.407. The molecule has 0 aromatic carbocycles. The van der Waals surface area contributed by atoms with E-state index in [9.17, 15) is 0 Å². The Morgan fingerprint density at radius 2 is 1.75 bits per heavy atom. The molecule has 0 saturated heterocycles. The molecule has 1 nitrogen and oxygen atoms in total. The molecule has 0 radical (unpaired) electrons. The summed E-state index contributed by atoms with van der Waals surface area (Å²) in [5.41, 5.74) is 0. The van der Waals surface area contributed by atoms with Crippen LogP contribution in [0, 0.1) is 5.92 Å². The number of rotatable bonds is 8. The van der Waals surface area contributed by atoms with Crippen LogP contribution in [0.25, 0.3) is 0 Å². The number of unbranched alkanes of at least 4 members (excludes halogenated alkanes) is 1. The number of hydrogen-bond donors (Lipinski definition) is 1. The van der Waals surface area contributed by atoms with E-state index in [4.69, 9.17) is 0 Å². The van der Waals surface area contributed by atoms with Crippen molar-refractivity contribution in [3.8, 4) is 0 Å². The Bertz CT molecular complexity index is 81.1. The van der Waals surface area contributed by atoms with Crippen molar-refractivity contribution < 1.29 is 0 Å². The molecule has 0 rings (SSSR count). The smallest absolute Gasteiger partial charge is 0.00518 e. The standard InChI is InChI=1S/C11H25N/c1-4-6-8-11(5-2)9-7-10-12-3/h11-12H,4-10H2,1-3H3. The molecule has 0 heterocycles. The second-order valence-corrected chi connectivity index (χ2v) is 3.66. The second-order valence-electron chi connectivity index (χ2n) is 3.66. The summed E-state index contributed by atoms with van der Waals surface area (Å²) < 4.78 is 0. The van der Waals surface area contributed by atoms with Gasteiger partial charge in [-0.2, -0.15) is 0 Å². The van der Waals surface area contributed by atoms with E-state index in [1.807, 2.05) is 7.05 Å². The van der Waals surface area contributed by atoms with Crippen LogP contribution in [0.4, 0.5) is 0 Å². The SMILES string of the molecule is CCCCC(CC)CCCNC. The Labute approximate surface area is 77.9 Å². The van der Waals surface area contributed by atoms with Gasteiger partial charge >= 0.3 is 0 Å². The van der Waals surface area contributed by atoms with Crippen LogP contribution in [0.2, 0.25) is 0 Å². The molecular formula is C11H25N. The lowest BCUT2D eigenvalue weighted by atomic mass is 9.94. The van der Waals surface area contributed by atoms with Gasteiger partial charge in [-0.05, 0) is 32.4 Å². The van der Waals surface area contributed by atoms with Crippen LogP contribution in [0.1, 0.15) is 52.4 Å². The van der Waals surface area contributed by atoms with E-state index >= 15 is 0 Å². The Hall–Kier alpha value is -0.0400. The fourth-order valence-electron chi connectivity index (χ4n) is 1.61. The Morgan fingerprint density at radius 3 is 2.25 bits per heavy atom. The molecular weight excluding hydrogens is 146 g/mol. The molecule has 0 fully saturated rings. The molecule has 0 aliphatic rings. The highest BCUT2D eigenvalue weighted by molar-refractivity contribution is 4.58. The van der Waals surface area contributed by atoms with Crippen molar-refractivity contribution in [1.82, 2.24) is 5.32 Å². The summed E-state index contributed by atoms with van der Waals surface area (Å²) >= 11 is 0. The molecule has 0 spiro atoms. The summed E-state index contributed by atoms with van der Waals surface area (Å²) in [4.78, 5) is 0. The minimum atomic E-state index is 0.985. The van der Waals surface area contributed by atoms with E-state index in [2.05, 4.69) is 19.2 Å². The first kappa shape index (κ1) is 12.0. The van der Waals surface area contributed by atoms with Gasteiger partial charge in [0.05, 0.1) is 0 Å². The fourth-order valence-corrected chi connectivity index (χ4v) is 1.61. The molecule has 1 N–H and O–H groups in total. The molecule has 74 valence electrons. The summed E-state index contributed by atoms with van der Waals surface area (Å²) in [5, 5.41) is 3.20. The predicted octanol–water partition coefficient (Wildman–Crippen LogP) is 3.20. The van der Waals surface area contributed by atoms with Crippen LogP contribution in [0.15, 0.2) is 0 Å². The molecule has 0 aliphatic heterocycles. The summed E-state index contributed by atoms with van der Waals surface area (Å²) in [6.07, 6.45) is 8.33. The summed E-state index contributed by atoms with van der Waals surface area (Å²) in [5.74, 6) is 0.985. The van der Waals surface area contributed by atoms with E-state index in [-0.39, 0.29) is 0 Å². The minimum absolute atomic E-state index is 0.985. The van der Waals surface area contributed by atoms with Crippen molar-refractivity contribution in [2.45, 2.75) is 52.4 Å². The highest BCUT2D eigenvalue weighted by Crippen LogP contribution is 2.17. The van der Waals surface area contributed by atoms with Crippen LogP contribution >= 0.6 is 0 Å². The second kappa shape index (κ2) is 9.05. The highest BCUT2D eigenvalue weighted by atomic mass is 14.8. The summed E-state index contributed by atoms with van der Waals surface area (Å²) in [6.45, 7) is 5.78. The Morgan fingerprint density at radius 1 is 1.08 bits per heavy atom. The zero-order valence-electron chi connectivity index (χ0n) is 9.03. The topological polar surface area (TPSA) is 12.0 Å². The lowest BCUT2D eigenvalue weighted by Crippen LogP contribution is -2.09. The fraction of sp³-hybridized carbons (Fsp3) is 1.00. The van der Waals surface area contributed by atoms with E-state index in [0.29, 0.717) is 0 Å². The molecule has 1 heteroatoms. The van der Waals surface area contributed by atoms with Gasteiger partial charge in [0.15, 0.2) is 0 Å². The van der Waals surface area contributed by atoms with Crippen molar-refractivity contribution in [3.63, 3.8) is 0 Å². The van der Waals surface area contributed by atoms with Crippen LogP contribution in [-0.4, -0.2) is 13.6 Å². The van der Waals surface area contributed by atoms with Crippen LogP contribution in [0.5, 0.6) is 0 Å². The van der Waals surface area contributed by atoms with Gasteiger partial charge in [-0.25, -0.2) is 0 Å². The molecule has 0 saturated carbocycles. The third-order valence-corrected chi connectivity index (χ3v) is 2.58. The number of hydrogen-bond acceptors (Lipinski definition) is 1. The highest BCUT2D eigenvalue weighted by Gasteiger charge is 2.04. The van der Waals surface area contributed by atoms with Gasteiger partial charge < -0.3 is 5.32 Å². The van der Waals surface area contributed by atoms with Crippen LogP contribution in [0.3, 0.4) is 0 Å². The van der Waals surface area contributed by atoms with Gasteiger partial charge in [-0.3, -0.25) is 0 Å². The van der Waals surface area contributed by atoms with Crippen molar-refractivity contribution >= 4 is 0 Å². The summed E-state index contributed by atoms with van der Waals surface area (Å²) in [6, 6.07) is 0. The average molecular weight is 171 g/mol. The average Bonchev–Trinajstić information content (AvgIpc) is 2.11. The molecule has 1 atom stereocenters. The van der Waals surface area contributed by atoms with Gasteiger partial charge in [-0.1, -0.05) is 39.5 Å². The largest absolute Gasteiger partial charge is 0.320 e. The molecule has 0 amide bonds. The minimum Gasteiger partial charge on any atom is -0.320 e. The van der Waals surface area contributed by atoms with Crippen LogP contribution < -0.4 is 5.32 Å². The van der Waals surface area contributed by atoms with Gasteiger partial charge in [0.1, 0.15) is 0 Å². The van der Waals surface area contributed by atoms with Crippen LogP contribution in [-0.2, 0) is 0 Å². The summed E-state index contributed by atoms with van der Waals surface area (Å²) in [7, 11) is 2.03. The van der Waals surface area contributed by atoms with Crippen molar-refractivity contribution in [2.75, 3.05) is 13.6 Å². The normalized spacial score (nSPS) is 13.2. The van der Waals surface area contributed by atoms with E-state index in [1.54, 1.807) is 0 Å². The molecule has 1 unspecified atom stereocenters. The van der Waals surface area contributed by atoms with Gasteiger partial charge in [-0.15, -0.1) is 0 Å². The van der Waals surface area contributed by atoms with Crippen molar-refractivity contribution in [3.05, 3.63) is 0 Å². The van der Waals surface area contributed by atoms with E-state index in [1.165, 1.54) is 45.1 Å². The van der Waals surface area contributed by atoms with Crippen molar-refractivity contribution in [2.24, 2.45) is 5.92 Å². The zero-order chi connectivity index (χ0) is 9.23.